The number of hydrogen-bond donors (Lipinski definition) is 1. The highest BCUT2D eigenvalue weighted by atomic mass is 32.2. The molecule has 0 aliphatic carbocycles. The molecule has 0 atom stereocenters. The van der Waals surface area contributed by atoms with Crippen molar-refractivity contribution in [2.45, 2.75) is 18.2 Å². The van der Waals surface area contributed by atoms with Gasteiger partial charge in [0, 0.05) is 11.3 Å². The second-order valence-corrected chi connectivity index (χ2v) is 5.63. The van der Waals surface area contributed by atoms with Crippen molar-refractivity contribution in [1.29, 1.82) is 0 Å². The summed E-state index contributed by atoms with van der Waals surface area (Å²) < 4.78 is 0. The Morgan fingerprint density at radius 2 is 2.00 bits per heavy atom. The number of thioether (sulfide) groups is 1. The molecule has 0 fully saturated rings. The molecule has 0 saturated heterocycles. The van der Waals surface area contributed by atoms with Crippen LogP contribution in [0.5, 0.6) is 0 Å². The van der Waals surface area contributed by atoms with Crippen molar-refractivity contribution in [3.8, 4) is 0 Å². The van der Waals surface area contributed by atoms with Gasteiger partial charge in [-0.1, -0.05) is 30.3 Å². The van der Waals surface area contributed by atoms with Crippen LogP contribution < -0.4 is 5.56 Å². The smallest absolute Gasteiger partial charge is 0.260 e. The van der Waals surface area contributed by atoms with Gasteiger partial charge in [0.25, 0.3) is 5.56 Å². The Balaban J connectivity index is 2.21. The molecule has 4 nitrogen and oxygen atoms in total. The van der Waals surface area contributed by atoms with Crippen molar-refractivity contribution < 1.29 is 0 Å². The zero-order valence-corrected chi connectivity index (χ0v) is 12.7. The standard InChI is InChI=1S/C16H15N3OS/c1-10-13-15(17-9-18-16(13)20)19-12(14(10)21-2)8-11-6-4-3-5-7-11/h3-7,9H,8H2,1-2H3,(H,17,18,19,20). The minimum atomic E-state index is -0.133. The Morgan fingerprint density at radius 1 is 1.24 bits per heavy atom. The number of aromatic nitrogens is 3. The van der Waals surface area contributed by atoms with E-state index in [0.717, 1.165) is 22.6 Å². The molecule has 3 rings (SSSR count). The summed E-state index contributed by atoms with van der Waals surface area (Å²) in [5.74, 6) is 0. The number of hydrogen-bond acceptors (Lipinski definition) is 4. The lowest BCUT2D eigenvalue weighted by atomic mass is 10.1. The Bertz CT molecular complexity index is 843. The highest BCUT2D eigenvalue weighted by molar-refractivity contribution is 7.98. The van der Waals surface area contributed by atoms with Crippen LogP contribution in [0.1, 0.15) is 16.8 Å². The molecule has 0 spiro atoms. The number of fused-ring (bicyclic) bond motifs is 1. The summed E-state index contributed by atoms with van der Waals surface area (Å²) in [5.41, 5.74) is 3.50. The van der Waals surface area contributed by atoms with Crippen molar-refractivity contribution >= 4 is 22.8 Å². The summed E-state index contributed by atoms with van der Waals surface area (Å²) >= 11 is 1.62. The van der Waals surface area contributed by atoms with Crippen molar-refractivity contribution in [1.82, 2.24) is 15.0 Å². The molecule has 0 bridgehead atoms. The van der Waals surface area contributed by atoms with Crippen LogP contribution in [-0.4, -0.2) is 21.2 Å². The summed E-state index contributed by atoms with van der Waals surface area (Å²) in [6, 6.07) is 10.2. The van der Waals surface area contributed by atoms with Crippen LogP contribution in [0, 0.1) is 6.92 Å². The average Bonchev–Trinajstić information content (AvgIpc) is 2.48. The fraction of sp³-hybridized carbons (Fsp3) is 0.188. The molecule has 0 amide bonds. The van der Waals surface area contributed by atoms with Crippen molar-refractivity contribution in [2.75, 3.05) is 6.26 Å². The highest BCUT2D eigenvalue weighted by Crippen LogP contribution is 2.28. The maximum atomic E-state index is 12.0. The van der Waals surface area contributed by atoms with Crippen LogP contribution >= 0.6 is 11.8 Å². The summed E-state index contributed by atoms with van der Waals surface area (Å²) in [6.45, 7) is 1.96. The van der Waals surface area contributed by atoms with Crippen LogP contribution in [0.2, 0.25) is 0 Å². The van der Waals surface area contributed by atoms with Crippen molar-refractivity contribution in [2.24, 2.45) is 0 Å². The van der Waals surface area contributed by atoms with Gasteiger partial charge in [0.2, 0.25) is 0 Å². The maximum absolute atomic E-state index is 12.0. The van der Waals surface area contributed by atoms with Crippen LogP contribution in [0.15, 0.2) is 46.3 Å². The Hall–Kier alpha value is -2.14. The molecule has 0 aliphatic rings. The fourth-order valence-corrected chi connectivity index (χ4v) is 3.26. The van der Waals surface area contributed by atoms with Crippen molar-refractivity contribution in [3.05, 3.63) is 63.8 Å². The number of aryl methyl sites for hydroxylation is 1. The van der Waals surface area contributed by atoms with Gasteiger partial charge < -0.3 is 4.98 Å². The molecule has 2 heterocycles. The third-order valence-electron chi connectivity index (χ3n) is 3.47. The Morgan fingerprint density at radius 3 is 2.71 bits per heavy atom. The van der Waals surface area contributed by atoms with Gasteiger partial charge in [-0.2, -0.15) is 0 Å². The minimum absolute atomic E-state index is 0.133. The third-order valence-corrected chi connectivity index (χ3v) is 4.42. The molecular formula is C16H15N3OS. The molecular weight excluding hydrogens is 282 g/mol. The predicted molar refractivity (Wildman–Crippen MR) is 85.9 cm³/mol. The van der Waals surface area contributed by atoms with Gasteiger partial charge in [-0.25, -0.2) is 9.97 Å². The first-order valence-electron chi connectivity index (χ1n) is 6.65. The fourth-order valence-electron chi connectivity index (χ4n) is 2.50. The topological polar surface area (TPSA) is 58.6 Å². The van der Waals surface area contributed by atoms with E-state index in [9.17, 15) is 4.79 Å². The second-order valence-electron chi connectivity index (χ2n) is 4.81. The summed E-state index contributed by atoms with van der Waals surface area (Å²) in [7, 11) is 0. The van der Waals surface area contributed by atoms with Gasteiger partial charge in [-0.3, -0.25) is 4.79 Å². The Kier molecular flexibility index (Phi) is 3.75. The first-order valence-corrected chi connectivity index (χ1v) is 7.88. The minimum Gasteiger partial charge on any atom is -0.312 e. The molecule has 5 heteroatoms. The largest absolute Gasteiger partial charge is 0.312 e. The second kappa shape index (κ2) is 5.69. The number of pyridine rings is 1. The predicted octanol–water partition coefficient (Wildman–Crippen LogP) is 2.94. The van der Waals surface area contributed by atoms with E-state index >= 15 is 0 Å². The van der Waals surface area contributed by atoms with Gasteiger partial charge in [0.05, 0.1) is 17.4 Å². The number of rotatable bonds is 3. The molecule has 106 valence electrons. The molecule has 0 aliphatic heterocycles. The average molecular weight is 297 g/mol. The van der Waals surface area contributed by atoms with E-state index in [1.807, 2.05) is 31.4 Å². The monoisotopic (exact) mass is 297 g/mol. The normalized spacial score (nSPS) is 11.0. The van der Waals surface area contributed by atoms with Crippen molar-refractivity contribution in [3.63, 3.8) is 0 Å². The quantitative estimate of drug-likeness (QED) is 0.755. The van der Waals surface area contributed by atoms with Gasteiger partial charge >= 0.3 is 0 Å². The van der Waals surface area contributed by atoms with Gasteiger partial charge in [0.1, 0.15) is 0 Å². The van der Waals surface area contributed by atoms with E-state index < -0.39 is 0 Å². The molecule has 0 radical (unpaired) electrons. The lowest BCUT2D eigenvalue weighted by Gasteiger charge is -2.12. The zero-order valence-electron chi connectivity index (χ0n) is 11.9. The molecule has 1 N–H and O–H groups in total. The third kappa shape index (κ3) is 2.56. The van der Waals surface area contributed by atoms with E-state index in [1.54, 1.807) is 11.8 Å². The SMILES string of the molecule is CSc1c(Cc2ccccc2)nc2nc[nH]c(=O)c2c1C. The van der Waals surface area contributed by atoms with Crippen LogP contribution in [0.25, 0.3) is 11.0 Å². The molecule has 0 unspecified atom stereocenters. The summed E-state index contributed by atoms with van der Waals surface area (Å²) in [4.78, 5) is 24.5. The summed E-state index contributed by atoms with van der Waals surface area (Å²) in [6.07, 6.45) is 4.15. The first-order chi connectivity index (χ1) is 10.2. The van der Waals surface area contributed by atoms with E-state index in [-0.39, 0.29) is 5.56 Å². The molecule has 3 aromatic rings. The molecule has 2 aromatic heterocycles. The summed E-state index contributed by atoms with van der Waals surface area (Å²) in [5, 5.41) is 0.582. The van der Waals surface area contributed by atoms with Gasteiger partial charge in [-0.05, 0) is 24.3 Å². The van der Waals surface area contributed by atoms with E-state index in [2.05, 4.69) is 27.1 Å². The van der Waals surface area contributed by atoms with E-state index in [4.69, 9.17) is 0 Å². The number of aromatic amines is 1. The van der Waals surface area contributed by atoms with Crippen LogP contribution in [0.4, 0.5) is 0 Å². The molecule has 1 aromatic carbocycles. The zero-order chi connectivity index (χ0) is 14.8. The van der Waals surface area contributed by atoms with Gasteiger partial charge in [0.15, 0.2) is 5.65 Å². The van der Waals surface area contributed by atoms with E-state index in [0.29, 0.717) is 11.0 Å². The lowest BCUT2D eigenvalue weighted by molar-refractivity contribution is 0.998. The van der Waals surface area contributed by atoms with Gasteiger partial charge in [-0.15, -0.1) is 11.8 Å². The number of benzene rings is 1. The molecule has 0 saturated carbocycles. The maximum Gasteiger partial charge on any atom is 0.260 e. The van der Waals surface area contributed by atoms with Crippen LogP contribution in [-0.2, 0) is 6.42 Å². The van der Waals surface area contributed by atoms with Crippen LogP contribution in [0.3, 0.4) is 0 Å². The van der Waals surface area contributed by atoms with E-state index in [1.165, 1.54) is 11.9 Å². The number of nitrogens with one attached hydrogen (secondary N) is 1. The Labute approximate surface area is 126 Å². The number of nitrogens with zero attached hydrogens (tertiary/aromatic N) is 2. The number of H-pyrrole nitrogens is 1. The molecule has 21 heavy (non-hydrogen) atoms. The highest BCUT2D eigenvalue weighted by Gasteiger charge is 2.14. The first kappa shape index (κ1) is 13.8. The lowest BCUT2D eigenvalue weighted by Crippen LogP contribution is -2.11.